The second-order valence-corrected chi connectivity index (χ2v) is 5.41. The van der Waals surface area contributed by atoms with E-state index in [-0.39, 0.29) is 10.6 Å². The van der Waals surface area contributed by atoms with E-state index < -0.39 is 15.9 Å². The number of aromatic nitrogens is 1. The first-order valence-electron chi connectivity index (χ1n) is 5.24. The van der Waals surface area contributed by atoms with Gasteiger partial charge >= 0.3 is 0 Å². The van der Waals surface area contributed by atoms with Crippen LogP contribution < -0.4 is 10.5 Å². The molecule has 0 saturated heterocycles. The molecule has 3 N–H and O–H groups in total. The van der Waals surface area contributed by atoms with Crippen molar-refractivity contribution in [1.29, 1.82) is 0 Å². The van der Waals surface area contributed by atoms with Gasteiger partial charge in [-0.2, -0.15) is 0 Å². The molecule has 1 aromatic heterocycles. The summed E-state index contributed by atoms with van der Waals surface area (Å²) >= 11 is 0. The van der Waals surface area contributed by atoms with Crippen molar-refractivity contribution < 1.29 is 17.7 Å². The molecule has 0 bridgehead atoms. The van der Waals surface area contributed by atoms with Gasteiger partial charge in [-0.05, 0) is 25.1 Å². The van der Waals surface area contributed by atoms with Crippen LogP contribution in [-0.2, 0) is 10.0 Å². The summed E-state index contributed by atoms with van der Waals surface area (Å²) in [5, 5.41) is 11.1. The van der Waals surface area contributed by atoms with Crippen LogP contribution in [0.15, 0.2) is 39.8 Å². The molecule has 0 radical (unpaired) electrons. The largest absolute Gasteiger partial charge is 0.361 e. The van der Waals surface area contributed by atoms with Crippen LogP contribution >= 0.6 is 0 Å². The fourth-order valence-corrected chi connectivity index (χ4v) is 1.98. The van der Waals surface area contributed by atoms with Gasteiger partial charge in [0.1, 0.15) is 5.76 Å². The van der Waals surface area contributed by atoms with E-state index in [2.05, 4.69) is 10.5 Å². The van der Waals surface area contributed by atoms with Crippen molar-refractivity contribution in [3.8, 4) is 0 Å². The molecular weight excluding hydrogens is 270 g/mol. The number of rotatable bonds is 3. The second kappa shape index (κ2) is 4.82. The summed E-state index contributed by atoms with van der Waals surface area (Å²) in [6.45, 7) is 1.66. The molecule has 0 fully saturated rings. The highest BCUT2D eigenvalue weighted by atomic mass is 32.2. The van der Waals surface area contributed by atoms with Crippen molar-refractivity contribution in [2.75, 3.05) is 5.32 Å². The van der Waals surface area contributed by atoms with Gasteiger partial charge in [0.25, 0.3) is 5.91 Å². The number of nitrogens with zero attached hydrogens (tertiary/aromatic N) is 1. The lowest BCUT2D eigenvalue weighted by Crippen LogP contribution is -2.15. The Bertz CT molecular complexity index is 721. The predicted molar refractivity (Wildman–Crippen MR) is 67.0 cm³/mol. The van der Waals surface area contributed by atoms with E-state index in [4.69, 9.17) is 9.66 Å². The minimum atomic E-state index is -3.81. The zero-order valence-corrected chi connectivity index (χ0v) is 10.8. The van der Waals surface area contributed by atoms with E-state index in [1.807, 2.05) is 0 Å². The van der Waals surface area contributed by atoms with Crippen molar-refractivity contribution in [2.24, 2.45) is 5.14 Å². The summed E-state index contributed by atoms with van der Waals surface area (Å²) < 4.78 is 27.1. The van der Waals surface area contributed by atoms with Crippen molar-refractivity contribution in [3.63, 3.8) is 0 Å². The van der Waals surface area contributed by atoms with Crippen LogP contribution in [-0.4, -0.2) is 19.5 Å². The average Bonchev–Trinajstić information content (AvgIpc) is 2.75. The van der Waals surface area contributed by atoms with Crippen molar-refractivity contribution >= 4 is 21.6 Å². The van der Waals surface area contributed by atoms with Gasteiger partial charge in [0.15, 0.2) is 5.69 Å². The number of anilines is 1. The Morgan fingerprint density at radius 3 is 2.68 bits per heavy atom. The topological polar surface area (TPSA) is 115 Å². The summed E-state index contributed by atoms with van der Waals surface area (Å²) in [6.07, 6.45) is 0. The number of primary sulfonamides is 1. The smallest absolute Gasteiger partial charge is 0.277 e. The van der Waals surface area contributed by atoms with Crippen LogP contribution in [0.25, 0.3) is 0 Å². The molecule has 0 aliphatic rings. The first-order valence-corrected chi connectivity index (χ1v) is 6.78. The number of nitrogens with one attached hydrogen (secondary N) is 1. The van der Waals surface area contributed by atoms with Crippen molar-refractivity contribution in [2.45, 2.75) is 11.8 Å². The number of aryl methyl sites for hydroxylation is 1. The first kappa shape index (κ1) is 13.2. The van der Waals surface area contributed by atoms with Crippen LogP contribution in [0.2, 0.25) is 0 Å². The summed E-state index contributed by atoms with van der Waals surface area (Å²) in [5.74, 6) is 0.00635. The van der Waals surface area contributed by atoms with Crippen LogP contribution in [0.4, 0.5) is 5.69 Å². The molecule has 0 unspecified atom stereocenters. The van der Waals surface area contributed by atoms with Gasteiger partial charge in [0.05, 0.1) is 4.90 Å². The van der Waals surface area contributed by atoms with Gasteiger partial charge < -0.3 is 9.84 Å². The number of sulfonamides is 1. The number of hydrogen-bond acceptors (Lipinski definition) is 5. The molecular formula is C11H11N3O4S. The fourth-order valence-electron chi connectivity index (χ4n) is 1.42. The standard InChI is InChI=1S/C11H11N3O4S/c1-7-5-10(14-18-7)11(15)13-8-3-2-4-9(6-8)19(12,16)17/h2-6H,1H3,(H,13,15)(H2,12,16,17). The molecule has 100 valence electrons. The Morgan fingerprint density at radius 1 is 1.37 bits per heavy atom. The number of carbonyl (C=O) groups excluding carboxylic acids is 1. The molecule has 7 nitrogen and oxygen atoms in total. The SMILES string of the molecule is Cc1cc(C(=O)Nc2cccc(S(N)(=O)=O)c2)no1. The third kappa shape index (κ3) is 3.18. The van der Waals surface area contributed by atoms with Crippen LogP contribution in [0.5, 0.6) is 0 Å². The summed E-state index contributed by atoms with van der Waals surface area (Å²) in [5.41, 5.74) is 0.413. The molecule has 8 heteroatoms. The zero-order valence-electron chi connectivity index (χ0n) is 9.95. The fraction of sp³-hybridized carbons (Fsp3) is 0.0909. The second-order valence-electron chi connectivity index (χ2n) is 3.85. The number of benzene rings is 1. The molecule has 0 saturated carbocycles. The zero-order chi connectivity index (χ0) is 14.0. The minimum absolute atomic E-state index is 0.0818. The van der Waals surface area contributed by atoms with Crippen molar-refractivity contribution in [1.82, 2.24) is 5.16 Å². The Morgan fingerprint density at radius 2 is 2.11 bits per heavy atom. The third-order valence-corrected chi connectivity index (χ3v) is 3.19. The number of amides is 1. The maximum absolute atomic E-state index is 11.8. The molecule has 0 atom stereocenters. The number of carbonyl (C=O) groups is 1. The van der Waals surface area contributed by atoms with E-state index in [9.17, 15) is 13.2 Å². The monoisotopic (exact) mass is 281 g/mol. The number of hydrogen-bond donors (Lipinski definition) is 2. The molecule has 2 rings (SSSR count). The highest BCUT2D eigenvalue weighted by molar-refractivity contribution is 7.89. The highest BCUT2D eigenvalue weighted by Gasteiger charge is 2.13. The average molecular weight is 281 g/mol. The Hall–Kier alpha value is -2.19. The van der Waals surface area contributed by atoms with Gasteiger partial charge in [0.2, 0.25) is 10.0 Å². The molecule has 0 aliphatic heterocycles. The summed E-state index contributed by atoms with van der Waals surface area (Å²) in [6, 6.07) is 7.09. The summed E-state index contributed by atoms with van der Waals surface area (Å²) in [7, 11) is -3.81. The highest BCUT2D eigenvalue weighted by Crippen LogP contribution is 2.15. The lowest BCUT2D eigenvalue weighted by molar-refractivity contribution is 0.101. The molecule has 1 heterocycles. The molecule has 0 aliphatic carbocycles. The maximum Gasteiger partial charge on any atom is 0.277 e. The molecule has 1 aromatic carbocycles. The maximum atomic E-state index is 11.8. The lowest BCUT2D eigenvalue weighted by atomic mass is 10.3. The predicted octanol–water partition coefficient (Wildman–Crippen LogP) is 0.883. The lowest BCUT2D eigenvalue weighted by Gasteiger charge is -2.04. The van der Waals surface area contributed by atoms with Gasteiger partial charge in [-0.1, -0.05) is 11.2 Å². The van der Waals surface area contributed by atoms with Crippen LogP contribution in [0.3, 0.4) is 0 Å². The molecule has 2 aromatic rings. The van der Waals surface area contributed by atoms with E-state index in [0.717, 1.165) is 0 Å². The van der Waals surface area contributed by atoms with E-state index >= 15 is 0 Å². The van der Waals surface area contributed by atoms with Crippen molar-refractivity contribution in [3.05, 3.63) is 41.8 Å². The summed E-state index contributed by atoms with van der Waals surface area (Å²) in [4.78, 5) is 11.7. The van der Waals surface area contributed by atoms with Gasteiger partial charge in [-0.25, -0.2) is 13.6 Å². The van der Waals surface area contributed by atoms with E-state index in [1.54, 1.807) is 13.0 Å². The van der Waals surface area contributed by atoms with Gasteiger partial charge in [-0.3, -0.25) is 4.79 Å². The normalized spacial score (nSPS) is 11.3. The number of nitrogens with two attached hydrogens (primary N) is 1. The minimum Gasteiger partial charge on any atom is -0.361 e. The molecule has 19 heavy (non-hydrogen) atoms. The van der Waals surface area contributed by atoms with Crippen LogP contribution in [0.1, 0.15) is 16.2 Å². The first-order chi connectivity index (χ1) is 8.86. The van der Waals surface area contributed by atoms with E-state index in [1.165, 1.54) is 24.3 Å². The van der Waals surface area contributed by atoms with E-state index in [0.29, 0.717) is 11.4 Å². The molecule has 0 spiro atoms. The Balaban J connectivity index is 2.22. The van der Waals surface area contributed by atoms with Crippen LogP contribution in [0, 0.1) is 6.92 Å². The van der Waals surface area contributed by atoms with Gasteiger partial charge in [0, 0.05) is 11.8 Å². The Labute approximate surface area is 109 Å². The quantitative estimate of drug-likeness (QED) is 0.866. The molecule has 1 amide bonds. The van der Waals surface area contributed by atoms with Gasteiger partial charge in [-0.15, -0.1) is 0 Å². The Kier molecular flexibility index (Phi) is 3.36. The third-order valence-electron chi connectivity index (χ3n) is 2.28.